The second-order valence-corrected chi connectivity index (χ2v) is 6.55. The second kappa shape index (κ2) is 5.85. The van der Waals surface area contributed by atoms with E-state index in [1.807, 2.05) is 19.2 Å². The number of fused-ring (bicyclic) bond motifs is 1. The van der Waals surface area contributed by atoms with Crippen molar-refractivity contribution in [1.29, 1.82) is 0 Å². The average Bonchev–Trinajstić information content (AvgIpc) is 2.96. The normalized spacial score (nSPS) is 27.0. The van der Waals surface area contributed by atoms with Gasteiger partial charge >= 0.3 is 0 Å². The number of ether oxygens (including phenoxy) is 3. The van der Waals surface area contributed by atoms with Crippen molar-refractivity contribution in [3.63, 3.8) is 0 Å². The van der Waals surface area contributed by atoms with Gasteiger partial charge in [0.25, 0.3) is 0 Å². The van der Waals surface area contributed by atoms with Crippen LogP contribution in [-0.4, -0.2) is 32.0 Å². The summed E-state index contributed by atoms with van der Waals surface area (Å²) in [6.45, 7) is 5.73. The van der Waals surface area contributed by atoms with E-state index in [1.165, 1.54) is 5.56 Å². The van der Waals surface area contributed by atoms with Gasteiger partial charge in [-0.05, 0) is 39.8 Å². The smallest absolute Gasteiger partial charge is 0.128 e. The van der Waals surface area contributed by atoms with E-state index in [2.05, 4.69) is 25.2 Å². The highest BCUT2D eigenvalue weighted by molar-refractivity contribution is 5.44. The van der Waals surface area contributed by atoms with E-state index < -0.39 is 0 Å². The molecule has 0 aliphatic carbocycles. The highest BCUT2D eigenvalue weighted by atomic mass is 16.5. The molecule has 1 aromatic rings. The minimum Gasteiger partial charge on any atom is -0.491 e. The molecule has 2 heterocycles. The van der Waals surface area contributed by atoms with Crippen molar-refractivity contribution in [2.75, 3.05) is 20.3 Å². The van der Waals surface area contributed by atoms with Crippen LogP contribution < -0.4 is 14.8 Å². The highest BCUT2D eigenvalue weighted by Crippen LogP contribution is 2.41. The fourth-order valence-corrected chi connectivity index (χ4v) is 3.14. The molecular weight excluding hydrogens is 266 g/mol. The Labute approximate surface area is 126 Å². The molecule has 1 saturated heterocycles. The Kier molecular flexibility index (Phi) is 4.09. The molecule has 0 aromatic heterocycles. The van der Waals surface area contributed by atoms with Crippen molar-refractivity contribution in [2.24, 2.45) is 0 Å². The van der Waals surface area contributed by atoms with Crippen molar-refractivity contribution >= 4 is 0 Å². The van der Waals surface area contributed by atoms with Gasteiger partial charge in [-0.1, -0.05) is 6.07 Å². The zero-order chi connectivity index (χ0) is 14.9. The van der Waals surface area contributed by atoms with E-state index >= 15 is 0 Å². The maximum atomic E-state index is 6.11. The third kappa shape index (κ3) is 3.33. The van der Waals surface area contributed by atoms with Gasteiger partial charge in [-0.25, -0.2) is 0 Å². The quantitative estimate of drug-likeness (QED) is 0.925. The van der Waals surface area contributed by atoms with Crippen LogP contribution in [0.1, 0.15) is 44.7 Å². The summed E-state index contributed by atoms with van der Waals surface area (Å²) in [7, 11) is 2.00. The predicted octanol–water partition coefficient (Wildman–Crippen LogP) is 3.07. The Hall–Kier alpha value is -1.26. The molecule has 2 aliphatic heterocycles. The van der Waals surface area contributed by atoms with E-state index in [0.29, 0.717) is 12.6 Å². The molecule has 0 radical (unpaired) electrons. The molecular formula is C17H25NO3. The van der Waals surface area contributed by atoms with Gasteiger partial charge in [0, 0.05) is 30.7 Å². The van der Waals surface area contributed by atoms with Gasteiger partial charge in [-0.2, -0.15) is 0 Å². The number of rotatable bonds is 4. The van der Waals surface area contributed by atoms with Gasteiger partial charge in [0.2, 0.25) is 0 Å². The van der Waals surface area contributed by atoms with E-state index in [1.54, 1.807) is 0 Å². The number of hydrogen-bond acceptors (Lipinski definition) is 4. The van der Waals surface area contributed by atoms with Crippen LogP contribution in [-0.2, 0) is 4.74 Å². The summed E-state index contributed by atoms with van der Waals surface area (Å²) in [6.07, 6.45) is 3.44. The molecule has 1 fully saturated rings. The number of benzene rings is 1. The zero-order valence-electron chi connectivity index (χ0n) is 13.1. The number of hydrogen-bond donors (Lipinski definition) is 1. The Morgan fingerprint density at radius 1 is 1.38 bits per heavy atom. The fourth-order valence-electron chi connectivity index (χ4n) is 3.14. The van der Waals surface area contributed by atoms with Crippen LogP contribution in [0.5, 0.6) is 11.5 Å². The molecule has 2 atom stereocenters. The molecule has 1 N–H and O–H groups in total. The van der Waals surface area contributed by atoms with Crippen LogP contribution in [0, 0.1) is 0 Å². The lowest BCUT2D eigenvalue weighted by Crippen LogP contribution is -2.38. The lowest BCUT2D eigenvalue weighted by molar-refractivity contribution is 0.0623. The molecule has 0 amide bonds. The first-order valence-corrected chi connectivity index (χ1v) is 7.82. The second-order valence-electron chi connectivity index (χ2n) is 6.55. The van der Waals surface area contributed by atoms with Crippen molar-refractivity contribution in [3.05, 3.63) is 23.8 Å². The van der Waals surface area contributed by atoms with Crippen molar-refractivity contribution in [2.45, 2.75) is 50.9 Å². The predicted molar refractivity (Wildman–Crippen MR) is 82.0 cm³/mol. The summed E-state index contributed by atoms with van der Waals surface area (Å²) in [4.78, 5) is 0. The largest absolute Gasteiger partial charge is 0.491 e. The van der Waals surface area contributed by atoms with E-state index in [9.17, 15) is 0 Å². The maximum absolute atomic E-state index is 6.11. The highest BCUT2D eigenvalue weighted by Gasteiger charge is 2.33. The summed E-state index contributed by atoms with van der Waals surface area (Å²) in [5.74, 6) is 1.78. The minimum absolute atomic E-state index is 0.159. The first-order chi connectivity index (χ1) is 10.1. The Bertz CT molecular complexity index is 495. The SMILES string of the molecule is CNC1CC(C)(C)Oc2cc(OCC3CCCO3)ccc21. The third-order valence-corrected chi connectivity index (χ3v) is 4.25. The molecule has 1 aromatic carbocycles. The van der Waals surface area contributed by atoms with Gasteiger partial charge in [-0.15, -0.1) is 0 Å². The molecule has 116 valence electrons. The Morgan fingerprint density at radius 3 is 2.95 bits per heavy atom. The molecule has 21 heavy (non-hydrogen) atoms. The molecule has 0 bridgehead atoms. The first-order valence-electron chi connectivity index (χ1n) is 7.82. The average molecular weight is 291 g/mol. The van der Waals surface area contributed by atoms with Crippen molar-refractivity contribution in [1.82, 2.24) is 5.32 Å². The summed E-state index contributed by atoms with van der Waals surface area (Å²) in [5.41, 5.74) is 1.05. The standard InChI is InChI=1S/C17H25NO3/c1-17(2)10-15(18-3)14-7-6-12(9-16(14)21-17)20-11-13-5-4-8-19-13/h6-7,9,13,15,18H,4-5,8,10-11H2,1-3H3. The first kappa shape index (κ1) is 14.7. The molecule has 2 unspecified atom stereocenters. The van der Waals surface area contributed by atoms with Gasteiger partial charge in [0.05, 0.1) is 6.10 Å². The Morgan fingerprint density at radius 2 is 2.24 bits per heavy atom. The van der Waals surface area contributed by atoms with Crippen LogP contribution in [0.2, 0.25) is 0 Å². The van der Waals surface area contributed by atoms with Gasteiger partial charge in [0.15, 0.2) is 0 Å². The molecule has 0 saturated carbocycles. The van der Waals surface area contributed by atoms with Crippen LogP contribution >= 0.6 is 0 Å². The van der Waals surface area contributed by atoms with Gasteiger partial charge in [-0.3, -0.25) is 0 Å². The third-order valence-electron chi connectivity index (χ3n) is 4.25. The van der Waals surface area contributed by atoms with E-state index in [-0.39, 0.29) is 11.7 Å². The van der Waals surface area contributed by atoms with Gasteiger partial charge < -0.3 is 19.5 Å². The lowest BCUT2D eigenvalue weighted by atomic mass is 9.90. The monoisotopic (exact) mass is 291 g/mol. The summed E-state index contributed by atoms with van der Waals surface area (Å²) in [6, 6.07) is 6.47. The zero-order valence-corrected chi connectivity index (χ0v) is 13.1. The van der Waals surface area contributed by atoms with Crippen molar-refractivity contribution in [3.8, 4) is 11.5 Å². The molecule has 0 spiro atoms. The van der Waals surface area contributed by atoms with E-state index in [0.717, 1.165) is 37.4 Å². The molecule has 4 heteroatoms. The number of nitrogens with one attached hydrogen (secondary N) is 1. The molecule has 2 aliphatic rings. The van der Waals surface area contributed by atoms with E-state index in [4.69, 9.17) is 14.2 Å². The summed E-state index contributed by atoms with van der Waals surface area (Å²) >= 11 is 0. The minimum atomic E-state index is -0.159. The van der Waals surface area contributed by atoms with Gasteiger partial charge in [0.1, 0.15) is 23.7 Å². The van der Waals surface area contributed by atoms with Crippen LogP contribution in [0.25, 0.3) is 0 Å². The fraction of sp³-hybridized carbons (Fsp3) is 0.647. The summed E-state index contributed by atoms with van der Waals surface area (Å²) in [5, 5.41) is 3.37. The topological polar surface area (TPSA) is 39.7 Å². The maximum Gasteiger partial charge on any atom is 0.128 e. The van der Waals surface area contributed by atoms with Crippen LogP contribution in [0.15, 0.2) is 18.2 Å². The van der Waals surface area contributed by atoms with Crippen LogP contribution in [0.4, 0.5) is 0 Å². The van der Waals surface area contributed by atoms with Crippen LogP contribution in [0.3, 0.4) is 0 Å². The summed E-state index contributed by atoms with van der Waals surface area (Å²) < 4.78 is 17.6. The molecule has 3 rings (SSSR count). The Balaban J connectivity index is 1.73. The lowest BCUT2D eigenvalue weighted by Gasteiger charge is -2.37. The van der Waals surface area contributed by atoms with Crippen molar-refractivity contribution < 1.29 is 14.2 Å². The molecule has 4 nitrogen and oxygen atoms in total.